The molecule has 0 spiro atoms. The normalized spacial score (nSPS) is 16.4. The highest BCUT2D eigenvalue weighted by Crippen LogP contribution is 2.34. The molecule has 0 aliphatic carbocycles. The molecule has 1 saturated heterocycles. The lowest BCUT2D eigenvalue weighted by atomic mass is 10.1. The van der Waals surface area contributed by atoms with E-state index in [2.05, 4.69) is 20.3 Å². The van der Waals surface area contributed by atoms with E-state index in [4.69, 9.17) is 5.73 Å². The van der Waals surface area contributed by atoms with Crippen LogP contribution in [0.4, 0.5) is 24.9 Å². The molecule has 0 radical (unpaired) electrons. The standard InChI is InChI=1S/C14H15F3N6/c15-14(16,17)9-1-2-11-10(7-9)12(20-8-18)22-13(21-11)23-5-3-19-4-6-23/h1-2,7-8,19H,3-6H2,(H2,18,20,21,22). The van der Waals surface area contributed by atoms with Gasteiger partial charge < -0.3 is 16.0 Å². The number of aliphatic imine (C=N–C) groups is 1. The van der Waals surface area contributed by atoms with Crippen LogP contribution in [-0.2, 0) is 6.18 Å². The van der Waals surface area contributed by atoms with Gasteiger partial charge in [-0.05, 0) is 18.2 Å². The van der Waals surface area contributed by atoms with E-state index >= 15 is 0 Å². The summed E-state index contributed by atoms with van der Waals surface area (Å²) in [6.07, 6.45) is -3.42. The largest absolute Gasteiger partial charge is 0.416 e. The predicted molar refractivity (Wildman–Crippen MR) is 82.0 cm³/mol. The molecule has 0 amide bonds. The van der Waals surface area contributed by atoms with Crippen molar-refractivity contribution in [3.8, 4) is 0 Å². The lowest BCUT2D eigenvalue weighted by Gasteiger charge is -2.27. The molecule has 1 aliphatic rings. The number of rotatable bonds is 2. The first-order chi connectivity index (χ1) is 11.0. The van der Waals surface area contributed by atoms with E-state index in [0.29, 0.717) is 11.5 Å². The highest BCUT2D eigenvalue weighted by Gasteiger charge is 2.31. The zero-order valence-electron chi connectivity index (χ0n) is 12.1. The van der Waals surface area contributed by atoms with Crippen molar-refractivity contribution >= 4 is 29.0 Å². The molecule has 1 aliphatic heterocycles. The van der Waals surface area contributed by atoms with Crippen LogP contribution in [0.2, 0.25) is 0 Å². The van der Waals surface area contributed by atoms with Gasteiger partial charge in [-0.2, -0.15) is 18.2 Å². The molecule has 122 valence electrons. The number of piperazine rings is 1. The van der Waals surface area contributed by atoms with E-state index in [1.165, 1.54) is 6.07 Å². The monoisotopic (exact) mass is 324 g/mol. The van der Waals surface area contributed by atoms with E-state index in [9.17, 15) is 13.2 Å². The molecule has 23 heavy (non-hydrogen) atoms. The maximum Gasteiger partial charge on any atom is 0.416 e. The second-order valence-corrected chi connectivity index (χ2v) is 5.09. The van der Waals surface area contributed by atoms with E-state index in [0.717, 1.165) is 44.7 Å². The molecule has 1 aromatic carbocycles. The molecule has 6 nitrogen and oxygen atoms in total. The summed E-state index contributed by atoms with van der Waals surface area (Å²) in [4.78, 5) is 14.5. The van der Waals surface area contributed by atoms with Crippen molar-refractivity contribution in [3.05, 3.63) is 23.8 Å². The van der Waals surface area contributed by atoms with Crippen LogP contribution in [0.1, 0.15) is 5.56 Å². The zero-order chi connectivity index (χ0) is 16.4. The second kappa shape index (κ2) is 5.99. The third-order valence-electron chi connectivity index (χ3n) is 3.59. The highest BCUT2D eigenvalue weighted by atomic mass is 19.4. The van der Waals surface area contributed by atoms with Crippen molar-refractivity contribution < 1.29 is 13.2 Å². The lowest BCUT2D eigenvalue weighted by Crippen LogP contribution is -2.44. The van der Waals surface area contributed by atoms with Gasteiger partial charge in [-0.25, -0.2) is 9.98 Å². The molecular formula is C14H15F3N6. The molecule has 2 heterocycles. The second-order valence-electron chi connectivity index (χ2n) is 5.09. The number of benzene rings is 1. The van der Waals surface area contributed by atoms with Gasteiger partial charge in [0.05, 0.1) is 17.4 Å². The number of hydrogen-bond donors (Lipinski definition) is 2. The number of hydrogen-bond acceptors (Lipinski definition) is 5. The first-order valence-corrected chi connectivity index (χ1v) is 7.08. The zero-order valence-corrected chi connectivity index (χ0v) is 12.1. The minimum atomic E-state index is -4.44. The van der Waals surface area contributed by atoms with Gasteiger partial charge in [0.15, 0.2) is 5.82 Å². The Morgan fingerprint density at radius 3 is 2.61 bits per heavy atom. The average molecular weight is 324 g/mol. The Bertz CT molecular complexity index is 737. The van der Waals surface area contributed by atoms with Crippen molar-refractivity contribution in [2.24, 2.45) is 10.7 Å². The van der Waals surface area contributed by atoms with Crippen LogP contribution in [-0.4, -0.2) is 42.5 Å². The molecule has 1 fully saturated rings. The molecule has 0 unspecified atom stereocenters. The quantitative estimate of drug-likeness (QED) is 0.649. The Morgan fingerprint density at radius 1 is 1.22 bits per heavy atom. The Balaban J connectivity index is 2.12. The minimum Gasteiger partial charge on any atom is -0.390 e. The fourth-order valence-electron chi connectivity index (χ4n) is 2.45. The van der Waals surface area contributed by atoms with Crippen LogP contribution in [0, 0.1) is 0 Å². The molecule has 0 atom stereocenters. The first kappa shape index (κ1) is 15.5. The smallest absolute Gasteiger partial charge is 0.390 e. The van der Waals surface area contributed by atoms with Gasteiger partial charge in [0.2, 0.25) is 5.95 Å². The maximum absolute atomic E-state index is 12.9. The van der Waals surface area contributed by atoms with Crippen LogP contribution >= 0.6 is 0 Å². The number of nitrogens with zero attached hydrogens (tertiary/aromatic N) is 4. The summed E-state index contributed by atoms with van der Waals surface area (Å²) in [6.45, 7) is 3.03. The van der Waals surface area contributed by atoms with Gasteiger partial charge in [-0.1, -0.05) is 0 Å². The van der Waals surface area contributed by atoms with Crippen LogP contribution in [0.25, 0.3) is 10.9 Å². The van der Waals surface area contributed by atoms with Crippen LogP contribution in [0.5, 0.6) is 0 Å². The van der Waals surface area contributed by atoms with E-state index in [1.807, 2.05) is 4.90 Å². The van der Waals surface area contributed by atoms with Crippen LogP contribution in [0.3, 0.4) is 0 Å². The van der Waals surface area contributed by atoms with Crippen molar-refractivity contribution in [1.29, 1.82) is 0 Å². The number of anilines is 1. The summed E-state index contributed by atoms with van der Waals surface area (Å²) in [5, 5.41) is 3.44. The Kier molecular flexibility index (Phi) is 4.03. The molecule has 1 aromatic heterocycles. The van der Waals surface area contributed by atoms with E-state index in [-0.39, 0.29) is 11.2 Å². The molecule has 3 rings (SSSR count). The predicted octanol–water partition coefficient (Wildman–Crippen LogP) is 1.68. The van der Waals surface area contributed by atoms with Gasteiger partial charge in [0.25, 0.3) is 0 Å². The minimum absolute atomic E-state index is 0.136. The SMILES string of the molecule is NC=Nc1nc(N2CCNCC2)nc2ccc(C(F)(F)F)cc12. The summed E-state index contributed by atoms with van der Waals surface area (Å²) in [5.41, 5.74) is 4.94. The number of nitrogens with two attached hydrogens (primary N) is 1. The van der Waals surface area contributed by atoms with Gasteiger partial charge in [0, 0.05) is 31.6 Å². The molecule has 3 N–H and O–H groups in total. The van der Waals surface area contributed by atoms with Gasteiger partial charge in [-0.15, -0.1) is 0 Å². The van der Waals surface area contributed by atoms with Crippen molar-refractivity contribution in [2.75, 3.05) is 31.1 Å². The molecule has 0 saturated carbocycles. The number of nitrogens with one attached hydrogen (secondary N) is 1. The van der Waals surface area contributed by atoms with E-state index < -0.39 is 11.7 Å². The molecule has 2 aromatic rings. The fourth-order valence-corrected chi connectivity index (χ4v) is 2.45. The topological polar surface area (TPSA) is 79.4 Å². The first-order valence-electron chi connectivity index (χ1n) is 7.08. The third kappa shape index (κ3) is 3.19. The van der Waals surface area contributed by atoms with Crippen LogP contribution in [0.15, 0.2) is 23.2 Å². The summed E-state index contributed by atoms with van der Waals surface area (Å²) < 4.78 is 38.7. The number of alkyl halides is 3. The summed E-state index contributed by atoms with van der Waals surface area (Å²) in [5.74, 6) is 0.580. The summed E-state index contributed by atoms with van der Waals surface area (Å²) in [7, 11) is 0. The van der Waals surface area contributed by atoms with Crippen molar-refractivity contribution in [3.63, 3.8) is 0 Å². The number of fused-ring (bicyclic) bond motifs is 1. The van der Waals surface area contributed by atoms with Gasteiger partial charge >= 0.3 is 6.18 Å². The lowest BCUT2D eigenvalue weighted by molar-refractivity contribution is -0.137. The third-order valence-corrected chi connectivity index (χ3v) is 3.59. The van der Waals surface area contributed by atoms with Crippen LogP contribution < -0.4 is 16.0 Å². The summed E-state index contributed by atoms with van der Waals surface area (Å²) >= 11 is 0. The maximum atomic E-state index is 12.9. The Morgan fingerprint density at radius 2 is 1.96 bits per heavy atom. The highest BCUT2D eigenvalue weighted by molar-refractivity contribution is 5.90. The number of aromatic nitrogens is 2. The van der Waals surface area contributed by atoms with Gasteiger partial charge in [0.1, 0.15) is 0 Å². The van der Waals surface area contributed by atoms with Crippen molar-refractivity contribution in [1.82, 2.24) is 15.3 Å². The van der Waals surface area contributed by atoms with Gasteiger partial charge in [-0.3, -0.25) is 0 Å². The van der Waals surface area contributed by atoms with Crippen molar-refractivity contribution in [2.45, 2.75) is 6.18 Å². The molecule has 0 bridgehead atoms. The van der Waals surface area contributed by atoms with E-state index in [1.54, 1.807) is 0 Å². The fraction of sp³-hybridized carbons (Fsp3) is 0.357. The average Bonchev–Trinajstić information content (AvgIpc) is 2.54. The Labute approximate surface area is 130 Å². The summed E-state index contributed by atoms with van der Waals surface area (Å²) in [6, 6.07) is 3.34. The number of halogens is 3. The molecular weight excluding hydrogens is 309 g/mol. The molecule has 9 heteroatoms. The Hall–Kier alpha value is -2.42.